The van der Waals surface area contributed by atoms with Crippen LogP contribution in [0.3, 0.4) is 0 Å². The molecule has 0 fully saturated rings. The Labute approximate surface area is 125 Å². The number of rotatable bonds is 2. The molecule has 0 aliphatic heterocycles. The number of aromatic nitrogens is 2. The third-order valence-corrected chi connectivity index (χ3v) is 5.51. The average molecular weight is 351 g/mol. The summed E-state index contributed by atoms with van der Waals surface area (Å²) in [6.45, 7) is 1.92. The number of benzene rings is 1. The molecule has 2 aromatic heterocycles. The van der Waals surface area contributed by atoms with Crippen LogP contribution in [-0.4, -0.2) is 17.4 Å². The van der Waals surface area contributed by atoms with Gasteiger partial charge in [-0.15, -0.1) is 0 Å². The molecular formula is C14H11BrN2O2S. The highest BCUT2D eigenvalue weighted by atomic mass is 79.9. The molecule has 0 aliphatic rings. The molecule has 0 aliphatic carbocycles. The number of aryl methyl sites for hydroxylation is 1. The van der Waals surface area contributed by atoms with Gasteiger partial charge in [0.1, 0.15) is 4.60 Å². The lowest BCUT2D eigenvalue weighted by atomic mass is 10.2. The van der Waals surface area contributed by atoms with Crippen molar-refractivity contribution >= 4 is 37.0 Å². The molecule has 0 spiro atoms. The predicted molar refractivity (Wildman–Crippen MR) is 81.2 cm³/mol. The van der Waals surface area contributed by atoms with Gasteiger partial charge in [-0.05, 0) is 52.7 Å². The van der Waals surface area contributed by atoms with E-state index in [0.717, 1.165) is 10.9 Å². The van der Waals surface area contributed by atoms with Crippen LogP contribution >= 0.6 is 15.9 Å². The van der Waals surface area contributed by atoms with E-state index in [1.807, 2.05) is 13.0 Å². The van der Waals surface area contributed by atoms with E-state index < -0.39 is 10.0 Å². The summed E-state index contributed by atoms with van der Waals surface area (Å²) in [6, 6.07) is 12.0. The number of fused-ring (bicyclic) bond motifs is 1. The third kappa shape index (κ3) is 2.05. The highest BCUT2D eigenvalue weighted by Gasteiger charge is 2.22. The minimum Gasteiger partial charge on any atom is -0.237 e. The fraction of sp³-hybridized carbons (Fsp3) is 0.0714. The van der Waals surface area contributed by atoms with Crippen molar-refractivity contribution in [1.82, 2.24) is 8.96 Å². The lowest BCUT2D eigenvalue weighted by Gasteiger charge is -2.08. The monoisotopic (exact) mass is 350 g/mol. The van der Waals surface area contributed by atoms with E-state index in [1.54, 1.807) is 42.6 Å². The van der Waals surface area contributed by atoms with Crippen LogP contribution in [0, 0.1) is 6.92 Å². The van der Waals surface area contributed by atoms with E-state index in [-0.39, 0.29) is 4.90 Å². The van der Waals surface area contributed by atoms with E-state index in [0.29, 0.717) is 10.3 Å². The zero-order valence-electron chi connectivity index (χ0n) is 10.6. The molecule has 20 heavy (non-hydrogen) atoms. The minimum absolute atomic E-state index is 0.237. The summed E-state index contributed by atoms with van der Waals surface area (Å²) in [4.78, 5) is 4.48. The summed E-state index contributed by atoms with van der Waals surface area (Å²) in [5.74, 6) is 0. The average Bonchev–Trinajstić information content (AvgIpc) is 2.75. The van der Waals surface area contributed by atoms with Gasteiger partial charge in [-0.25, -0.2) is 17.4 Å². The first-order chi connectivity index (χ1) is 9.50. The molecule has 0 saturated carbocycles. The molecule has 1 aromatic carbocycles. The molecule has 0 unspecified atom stereocenters. The first-order valence-electron chi connectivity index (χ1n) is 5.94. The van der Waals surface area contributed by atoms with Crippen LogP contribution in [-0.2, 0) is 10.0 Å². The SMILES string of the molecule is Cc1cnc2c(c1)cc(Br)n2S(=O)(=O)c1ccccc1. The Morgan fingerprint density at radius 2 is 1.85 bits per heavy atom. The van der Waals surface area contributed by atoms with Crippen LogP contribution in [0.4, 0.5) is 0 Å². The zero-order valence-corrected chi connectivity index (χ0v) is 13.0. The van der Waals surface area contributed by atoms with E-state index >= 15 is 0 Å². The Balaban J connectivity index is 2.32. The topological polar surface area (TPSA) is 52.0 Å². The predicted octanol–water partition coefficient (Wildman–Crippen LogP) is 3.34. The molecule has 3 rings (SSSR count). The van der Waals surface area contributed by atoms with Crippen molar-refractivity contribution in [1.29, 1.82) is 0 Å². The third-order valence-electron chi connectivity index (χ3n) is 2.97. The maximum Gasteiger partial charge on any atom is 0.270 e. The second-order valence-corrected chi connectivity index (χ2v) is 7.07. The standard InChI is InChI=1S/C14H11BrN2O2S/c1-10-7-11-8-13(15)17(14(11)16-9-10)20(18,19)12-5-3-2-4-6-12/h2-9H,1H3. The van der Waals surface area contributed by atoms with Gasteiger partial charge < -0.3 is 0 Å². The fourth-order valence-corrected chi connectivity index (χ4v) is 4.44. The summed E-state index contributed by atoms with van der Waals surface area (Å²) < 4.78 is 27.1. The van der Waals surface area contributed by atoms with Crippen LogP contribution in [0.2, 0.25) is 0 Å². The molecule has 0 atom stereocenters. The maximum absolute atomic E-state index is 12.7. The number of nitrogens with zero attached hydrogens (tertiary/aromatic N) is 2. The van der Waals surface area contributed by atoms with Crippen molar-refractivity contribution in [3.63, 3.8) is 0 Å². The van der Waals surface area contributed by atoms with E-state index in [2.05, 4.69) is 20.9 Å². The summed E-state index contributed by atoms with van der Waals surface area (Å²) in [5, 5.41) is 0.788. The number of pyridine rings is 1. The first-order valence-corrected chi connectivity index (χ1v) is 8.18. The van der Waals surface area contributed by atoms with Crippen LogP contribution in [0.5, 0.6) is 0 Å². The second kappa shape index (κ2) is 4.71. The van der Waals surface area contributed by atoms with Crippen molar-refractivity contribution in [3.05, 3.63) is 58.8 Å². The van der Waals surface area contributed by atoms with Crippen molar-refractivity contribution in [2.24, 2.45) is 0 Å². The van der Waals surface area contributed by atoms with E-state index in [4.69, 9.17) is 0 Å². The summed E-state index contributed by atoms with van der Waals surface area (Å²) in [6.07, 6.45) is 1.66. The van der Waals surface area contributed by atoms with E-state index in [9.17, 15) is 8.42 Å². The fourth-order valence-electron chi connectivity index (χ4n) is 2.08. The van der Waals surface area contributed by atoms with Gasteiger partial charge in [0.2, 0.25) is 0 Å². The molecule has 0 saturated heterocycles. The molecule has 4 nitrogen and oxygen atoms in total. The molecule has 102 valence electrons. The zero-order chi connectivity index (χ0) is 14.3. The van der Waals surface area contributed by atoms with Crippen LogP contribution < -0.4 is 0 Å². The quantitative estimate of drug-likeness (QED) is 0.712. The van der Waals surface area contributed by atoms with Gasteiger partial charge in [-0.1, -0.05) is 18.2 Å². The van der Waals surface area contributed by atoms with Crippen LogP contribution in [0.15, 0.2) is 58.2 Å². The van der Waals surface area contributed by atoms with Crippen molar-refractivity contribution < 1.29 is 8.42 Å². The smallest absolute Gasteiger partial charge is 0.237 e. The Morgan fingerprint density at radius 1 is 1.15 bits per heavy atom. The second-order valence-electron chi connectivity index (χ2n) is 4.48. The van der Waals surface area contributed by atoms with Gasteiger partial charge in [0.25, 0.3) is 10.0 Å². The van der Waals surface area contributed by atoms with Gasteiger partial charge in [0.05, 0.1) is 4.90 Å². The molecule has 0 N–H and O–H groups in total. The number of hydrogen-bond acceptors (Lipinski definition) is 3. The Hall–Kier alpha value is -1.66. The lowest BCUT2D eigenvalue weighted by molar-refractivity contribution is 0.588. The summed E-state index contributed by atoms with van der Waals surface area (Å²) >= 11 is 3.31. The van der Waals surface area contributed by atoms with Crippen molar-refractivity contribution in [3.8, 4) is 0 Å². The minimum atomic E-state index is -3.66. The lowest BCUT2D eigenvalue weighted by Crippen LogP contribution is -2.13. The van der Waals surface area contributed by atoms with Crippen LogP contribution in [0.1, 0.15) is 5.56 Å². The van der Waals surface area contributed by atoms with Gasteiger partial charge in [-0.2, -0.15) is 0 Å². The van der Waals surface area contributed by atoms with Crippen LogP contribution in [0.25, 0.3) is 11.0 Å². The molecule has 0 amide bonds. The summed E-state index contributed by atoms with van der Waals surface area (Å²) in [7, 11) is -3.66. The van der Waals surface area contributed by atoms with Gasteiger partial charge >= 0.3 is 0 Å². The molecule has 0 bridgehead atoms. The molecule has 2 heterocycles. The Kier molecular flexibility index (Phi) is 3.14. The molecule has 0 radical (unpaired) electrons. The largest absolute Gasteiger partial charge is 0.270 e. The normalized spacial score (nSPS) is 11.9. The molecule has 3 aromatic rings. The summed E-state index contributed by atoms with van der Waals surface area (Å²) in [5.41, 5.74) is 1.41. The molecule has 6 heteroatoms. The number of hydrogen-bond donors (Lipinski definition) is 0. The highest BCUT2D eigenvalue weighted by molar-refractivity contribution is 9.10. The molecular weight excluding hydrogens is 340 g/mol. The Morgan fingerprint density at radius 3 is 2.55 bits per heavy atom. The van der Waals surface area contributed by atoms with Gasteiger partial charge in [-0.3, -0.25) is 0 Å². The maximum atomic E-state index is 12.7. The van der Waals surface area contributed by atoms with E-state index in [1.165, 1.54) is 3.97 Å². The van der Waals surface area contributed by atoms with Crippen molar-refractivity contribution in [2.45, 2.75) is 11.8 Å². The van der Waals surface area contributed by atoms with Crippen molar-refractivity contribution in [2.75, 3.05) is 0 Å². The Bertz CT molecular complexity index is 886. The van der Waals surface area contributed by atoms with Gasteiger partial charge in [0, 0.05) is 11.6 Å². The highest BCUT2D eigenvalue weighted by Crippen LogP contribution is 2.28. The number of halogens is 1. The van der Waals surface area contributed by atoms with Gasteiger partial charge in [0.15, 0.2) is 5.65 Å². The first kappa shape index (κ1) is 13.3.